The molecule has 6 nitrogen and oxygen atoms in total. The number of benzene rings is 2. The standard InChI is InChI=1S/C26H34FN5O/c1-5-30(17-21-16-19(2)6-11-25(21)33)18-24-20(3)28-32(23-9-7-22(27)8-10-23)26(24)31-14-12-29(4)13-15-31/h6-11,16,33H,5,12-15,17-18H2,1-4H3. The van der Waals surface area contributed by atoms with E-state index in [-0.39, 0.29) is 5.82 Å². The van der Waals surface area contributed by atoms with Gasteiger partial charge in [-0.2, -0.15) is 5.10 Å². The zero-order valence-corrected chi connectivity index (χ0v) is 20.1. The summed E-state index contributed by atoms with van der Waals surface area (Å²) in [6.45, 7) is 12.3. The third-order valence-electron chi connectivity index (χ3n) is 6.49. The number of anilines is 1. The SMILES string of the molecule is CCN(Cc1cc(C)ccc1O)Cc1c(C)nn(-c2ccc(F)cc2)c1N1CCN(C)CC1. The average Bonchev–Trinajstić information content (AvgIpc) is 3.12. The van der Waals surface area contributed by atoms with Crippen LogP contribution in [0.2, 0.25) is 0 Å². The highest BCUT2D eigenvalue weighted by molar-refractivity contribution is 5.56. The number of hydrogen-bond acceptors (Lipinski definition) is 5. The lowest BCUT2D eigenvalue weighted by Gasteiger charge is -2.35. The van der Waals surface area contributed by atoms with Gasteiger partial charge in [-0.1, -0.05) is 24.6 Å². The van der Waals surface area contributed by atoms with E-state index in [1.54, 1.807) is 18.2 Å². The topological polar surface area (TPSA) is 47.8 Å². The number of aromatic hydroxyl groups is 1. The van der Waals surface area contributed by atoms with Gasteiger partial charge in [0.25, 0.3) is 0 Å². The van der Waals surface area contributed by atoms with Crippen molar-refractivity contribution in [3.8, 4) is 11.4 Å². The largest absolute Gasteiger partial charge is 0.508 e. The maximum atomic E-state index is 13.6. The Hall–Kier alpha value is -2.90. The zero-order chi connectivity index (χ0) is 23.5. The van der Waals surface area contributed by atoms with Crippen LogP contribution in [0.4, 0.5) is 10.2 Å². The van der Waals surface area contributed by atoms with Crippen molar-refractivity contribution < 1.29 is 9.50 Å². The molecule has 0 atom stereocenters. The Balaban J connectivity index is 1.70. The molecule has 1 saturated heterocycles. The van der Waals surface area contributed by atoms with Crippen LogP contribution in [0.25, 0.3) is 5.69 Å². The van der Waals surface area contributed by atoms with Gasteiger partial charge in [-0.25, -0.2) is 9.07 Å². The highest BCUT2D eigenvalue weighted by atomic mass is 19.1. The fourth-order valence-electron chi connectivity index (χ4n) is 4.42. The van der Waals surface area contributed by atoms with Crippen LogP contribution in [0.1, 0.15) is 29.3 Å². The molecular weight excluding hydrogens is 417 g/mol. The molecule has 4 rings (SSSR count). The summed E-state index contributed by atoms with van der Waals surface area (Å²) < 4.78 is 15.6. The first-order chi connectivity index (χ1) is 15.9. The summed E-state index contributed by atoms with van der Waals surface area (Å²) in [4.78, 5) is 7.06. The Morgan fingerprint density at radius 1 is 1.00 bits per heavy atom. The quantitative estimate of drug-likeness (QED) is 0.586. The summed E-state index contributed by atoms with van der Waals surface area (Å²) in [5, 5.41) is 15.3. The highest BCUT2D eigenvalue weighted by Crippen LogP contribution is 2.30. The van der Waals surface area contributed by atoms with E-state index in [2.05, 4.69) is 28.7 Å². The van der Waals surface area contributed by atoms with Crippen LogP contribution >= 0.6 is 0 Å². The Bertz CT molecular complexity index is 1090. The minimum Gasteiger partial charge on any atom is -0.508 e. The second-order valence-electron chi connectivity index (χ2n) is 9.00. The molecule has 0 amide bonds. The molecule has 0 saturated carbocycles. The molecule has 176 valence electrons. The van der Waals surface area contributed by atoms with E-state index in [0.717, 1.165) is 67.6 Å². The molecule has 0 bridgehead atoms. The molecule has 0 radical (unpaired) electrons. The normalized spacial score (nSPS) is 14.9. The fraction of sp³-hybridized carbons (Fsp3) is 0.423. The monoisotopic (exact) mass is 451 g/mol. The first-order valence-corrected chi connectivity index (χ1v) is 11.6. The Labute approximate surface area is 195 Å². The van der Waals surface area contributed by atoms with Gasteiger partial charge in [0.15, 0.2) is 0 Å². The Morgan fingerprint density at radius 2 is 1.70 bits per heavy atom. The summed E-state index contributed by atoms with van der Waals surface area (Å²) in [7, 11) is 2.15. The summed E-state index contributed by atoms with van der Waals surface area (Å²) in [6, 6.07) is 12.3. The first kappa shape index (κ1) is 23.3. The molecule has 0 unspecified atom stereocenters. The van der Waals surface area contributed by atoms with Gasteiger partial charge in [0.2, 0.25) is 0 Å². The maximum absolute atomic E-state index is 13.6. The Morgan fingerprint density at radius 3 is 2.36 bits per heavy atom. The third kappa shape index (κ3) is 5.20. The Kier molecular flexibility index (Phi) is 7.00. The second-order valence-corrected chi connectivity index (χ2v) is 9.00. The second kappa shape index (κ2) is 9.93. The van der Waals surface area contributed by atoms with Crippen molar-refractivity contribution in [2.45, 2.75) is 33.9 Å². The number of aryl methyl sites for hydroxylation is 2. The van der Waals surface area contributed by atoms with Gasteiger partial charge in [0.1, 0.15) is 17.4 Å². The first-order valence-electron chi connectivity index (χ1n) is 11.6. The molecule has 2 heterocycles. The summed E-state index contributed by atoms with van der Waals surface area (Å²) in [6.07, 6.45) is 0. The lowest BCUT2D eigenvalue weighted by Crippen LogP contribution is -2.45. The fourth-order valence-corrected chi connectivity index (χ4v) is 4.42. The van der Waals surface area contributed by atoms with Crippen LogP contribution in [0.15, 0.2) is 42.5 Å². The van der Waals surface area contributed by atoms with Crippen molar-refractivity contribution in [3.63, 3.8) is 0 Å². The van der Waals surface area contributed by atoms with Crippen molar-refractivity contribution in [3.05, 3.63) is 70.7 Å². The number of likely N-dealkylation sites (N-methyl/N-ethyl adjacent to an activating group) is 1. The van der Waals surface area contributed by atoms with E-state index >= 15 is 0 Å². The molecule has 1 aliphatic heterocycles. The molecule has 0 spiro atoms. The van der Waals surface area contributed by atoms with Crippen molar-refractivity contribution in [2.75, 3.05) is 44.7 Å². The van der Waals surface area contributed by atoms with E-state index < -0.39 is 0 Å². The molecule has 33 heavy (non-hydrogen) atoms. The van der Waals surface area contributed by atoms with E-state index in [4.69, 9.17) is 5.10 Å². The van der Waals surface area contributed by atoms with Crippen molar-refractivity contribution >= 4 is 5.82 Å². The van der Waals surface area contributed by atoms with Gasteiger partial charge in [0, 0.05) is 50.4 Å². The van der Waals surface area contributed by atoms with Crippen molar-refractivity contribution in [1.82, 2.24) is 19.6 Å². The predicted molar refractivity (Wildman–Crippen MR) is 131 cm³/mol. The minimum absolute atomic E-state index is 0.251. The molecular formula is C26H34FN5O. The van der Waals surface area contributed by atoms with Gasteiger partial charge in [-0.3, -0.25) is 4.90 Å². The molecule has 7 heteroatoms. The van der Waals surface area contributed by atoms with E-state index in [1.165, 1.54) is 17.7 Å². The van der Waals surface area contributed by atoms with Crippen LogP contribution in [0.3, 0.4) is 0 Å². The molecule has 2 aromatic carbocycles. The highest BCUT2D eigenvalue weighted by Gasteiger charge is 2.26. The number of piperazine rings is 1. The zero-order valence-electron chi connectivity index (χ0n) is 20.1. The van der Waals surface area contributed by atoms with Gasteiger partial charge in [-0.15, -0.1) is 0 Å². The maximum Gasteiger partial charge on any atom is 0.137 e. The number of nitrogens with zero attached hydrogens (tertiary/aromatic N) is 5. The van der Waals surface area contributed by atoms with Crippen LogP contribution in [0.5, 0.6) is 5.75 Å². The van der Waals surface area contributed by atoms with Crippen LogP contribution in [-0.2, 0) is 13.1 Å². The lowest BCUT2D eigenvalue weighted by molar-refractivity contribution is 0.266. The van der Waals surface area contributed by atoms with Crippen molar-refractivity contribution in [2.24, 2.45) is 0 Å². The van der Waals surface area contributed by atoms with Gasteiger partial charge < -0.3 is 14.9 Å². The van der Waals surface area contributed by atoms with E-state index in [0.29, 0.717) is 12.3 Å². The molecule has 1 aromatic heterocycles. The van der Waals surface area contributed by atoms with Gasteiger partial charge in [0.05, 0.1) is 11.4 Å². The summed E-state index contributed by atoms with van der Waals surface area (Å²) in [5.74, 6) is 1.16. The lowest BCUT2D eigenvalue weighted by atomic mass is 10.1. The van der Waals surface area contributed by atoms with E-state index in [9.17, 15) is 9.50 Å². The van der Waals surface area contributed by atoms with Gasteiger partial charge in [-0.05, 0) is 57.8 Å². The third-order valence-corrected chi connectivity index (χ3v) is 6.49. The number of halogens is 1. The smallest absolute Gasteiger partial charge is 0.137 e. The molecule has 3 aromatic rings. The number of aromatic nitrogens is 2. The number of rotatable bonds is 7. The molecule has 1 N–H and O–H groups in total. The minimum atomic E-state index is -0.251. The average molecular weight is 452 g/mol. The van der Waals surface area contributed by atoms with Crippen molar-refractivity contribution in [1.29, 1.82) is 0 Å². The summed E-state index contributed by atoms with van der Waals surface area (Å²) in [5.41, 5.74) is 5.08. The molecule has 0 aliphatic carbocycles. The molecule has 1 aliphatic rings. The van der Waals surface area contributed by atoms with Gasteiger partial charge >= 0.3 is 0 Å². The van der Waals surface area contributed by atoms with Crippen LogP contribution < -0.4 is 4.90 Å². The summed E-state index contributed by atoms with van der Waals surface area (Å²) >= 11 is 0. The van der Waals surface area contributed by atoms with E-state index in [1.807, 2.05) is 30.7 Å². The number of phenolic OH excluding ortho intramolecular Hbond substituents is 1. The number of hydrogen-bond donors (Lipinski definition) is 1. The predicted octanol–water partition coefficient (Wildman–Crippen LogP) is 4.11. The molecule has 1 fully saturated rings. The van der Waals surface area contributed by atoms with Crippen LogP contribution in [0, 0.1) is 19.7 Å². The van der Waals surface area contributed by atoms with Crippen LogP contribution in [-0.4, -0.2) is 64.5 Å². The number of phenols is 1.